The Labute approximate surface area is 195 Å². The minimum Gasteiger partial charge on any atom is -0.289 e. The first kappa shape index (κ1) is 28.0. The van der Waals surface area contributed by atoms with Gasteiger partial charge in [0.2, 0.25) is 0 Å². The lowest BCUT2D eigenvalue weighted by Crippen LogP contribution is -2.21. The summed E-state index contributed by atoms with van der Waals surface area (Å²) in [6.07, 6.45) is 14.4. The largest absolute Gasteiger partial charge is 0.289 e. The predicted octanol–water partition coefficient (Wildman–Crippen LogP) is 8.36. The highest BCUT2D eigenvalue weighted by Crippen LogP contribution is 2.29. The molecule has 1 rings (SSSR count). The molecule has 0 aromatic carbocycles. The summed E-state index contributed by atoms with van der Waals surface area (Å²) >= 11 is 0. The van der Waals surface area contributed by atoms with Crippen molar-refractivity contribution in [1.82, 2.24) is 0 Å². The molecule has 2 nitrogen and oxygen atoms in total. The molecule has 0 aliphatic heterocycles. The Balaban J connectivity index is 2.37. The molecule has 1 aliphatic rings. The Morgan fingerprint density at radius 2 is 1.25 bits per heavy atom. The van der Waals surface area contributed by atoms with Crippen molar-refractivity contribution >= 4 is 11.6 Å². The average molecular weight is 443 g/mol. The Kier molecular flexibility index (Phi) is 12.4. The summed E-state index contributed by atoms with van der Waals surface area (Å²) in [5.41, 5.74) is 6.16. The molecule has 0 saturated carbocycles. The van der Waals surface area contributed by atoms with Crippen LogP contribution in [-0.2, 0) is 9.59 Å². The first-order chi connectivity index (χ1) is 15.1. The van der Waals surface area contributed by atoms with Gasteiger partial charge in [-0.15, -0.1) is 0 Å². The number of halogens is 1. The quantitative estimate of drug-likeness (QED) is 0.212. The van der Waals surface area contributed by atoms with Gasteiger partial charge in [-0.3, -0.25) is 9.59 Å². The van der Waals surface area contributed by atoms with Gasteiger partial charge in [-0.25, -0.2) is 4.39 Å². The van der Waals surface area contributed by atoms with Gasteiger partial charge in [0.25, 0.3) is 0 Å². The molecule has 0 N–H and O–H groups in total. The summed E-state index contributed by atoms with van der Waals surface area (Å²) in [6, 6.07) is 0. The number of hydrogen-bond donors (Lipinski definition) is 0. The molecule has 0 fully saturated rings. The molecule has 178 valence electrons. The van der Waals surface area contributed by atoms with Gasteiger partial charge in [-0.05, 0) is 104 Å². The molecule has 1 aliphatic carbocycles. The fourth-order valence-corrected chi connectivity index (χ4v) is 3.96. The molecule has 1 atom stereocenters. The van der Waals surface area contributed by atoms with Gasteiger partial charge in [0.1, 0.15) is 6.67 Å². The van der Waals surface area contributed by atoms with Gasteiger partial charge in [0, 0.05) is 22.3 Å². The van der Waals surface area contributed by atoms with Crippen molar-refractivity contribution in [3.63, 3.8) is 0 Å². The summed E-state index contributed by atoms with van der Waals surface area (Å²) in [5, 5.41) is 0. The number of alkyl halides is 1. The minimum atomic E-state index is -0.350. The maximum absolute atomic E-state index is 12.6. The van der Waals surface area contributed by atoms with Crippen molar-refractivity contribution in [3.8, 4) is 0 Å². The van der Waals surface area contributed by atoms with E-state index in [0.29, 0.717) is 34.6 Å². The Hall–Kier alpha value is -2.03. The standard InChI is InChI=1S/C29H43FO2/c1-20(11-8-12-21(2)14-10-16-23(4)19-30)13-9-15-22(3)17-18-27-26(7)28(31)24(5)25(6)29(27)32/h12-13,16,22H,8-11,14-15,17-19H2,1-7H3/b20-13+,21-12+,23-16+/t22-/m0/s1. The zero-order chi connectivity index (χ0) is 24.3. The topological polar surface area (TPSA) is 34.1 Å². The van der Waals surface area contributed by atoms with Crippen LogP contribution in [0.1, 0.15) is 99.8 Å². The van der Waals surface area contributed by atoms with Crippen LogP contribution in [0.5, 0.6) is 0 Å². The molecule has 0 unspecified atom stereocenters. The predicted molar refractivity (Wildman–Crippen MR) is 134 cm³/mol. The number of Topliss-reactive ketones (excluding diaryl/α,β-unsaturated/α-hetero) is 2. The monoisotopic (exact) mass is 442 g/mol. The summed E-state index contributed by atoms with van der Waals surface area (Å²) in [5.74, 6) is 0.593. The second-order valence-corrected chi connectivity index (χ2v) is 9.60. The molecule has 0 radical (unpaired) electrons. The van der Waals surface area contributed by atoms with Gasteiger partial charge in [0.15, 0.2) is 11.6 Å². The highest BCUT2D eigenvalue weighted by molar-refractivity contribution is 6.24. The highest BCUT2D eigenvalue weighted by Gasteiger charge is 2.27. The van der Waals surface area contributed by atoms with Crippen molar-refractivity contribution in [2.75, 3.05) is 6.67 Å². The van der Waals surface area contributed by atoms with E-state index in [9.17, 15) is 14.0 Å². The molecule has 0 saturated heterocycles. The summed E-state index contributed by atoms with van der Waals surface area (Å²) in [6.45, 7) is 13.4. The Morgan fingerprint density at radius 1 is 0.750 bits per heavy atom. The molecule has 0 aromatic heterocycles. The van der Waals surface area contributed by atoms with Crippen LogP contribution in [0, 0.1) is 5.92 Å². The van der Waals surface area contributed by atoms with E-state index in [1.165, 1.54) is 11.1 Å². The van der Waals surface area contributed by atoms with Gasteiger partial charge in [-0.2, -0.15) is 0 Å². The summed E-state index contributed by atoms with van der Waals surface area (Å²) in [7, 11) is 0. The minimum absolute atomic E-state index is 0.0268. The fraction of sp³-hybridized carbons (Fsp3) is 0.586. The van der Waals surface area contributed by atoms with Crippen molar-refractivity contribution in [2.45, 2.75) is 99.8 Å². The first-order valence-corrected chi connectivity index (χ1v) is 12.1. The fourth-order valence-electron chi connectivity index (χ4n) is 3.96. The van der Waals surface area contributed by atoms with E-state index in [1.54, 1.807) is 20.8 Å². The van der Waals surface area contributed by atoms with Crippen LogP contribution in [0.2, 0.25) is 0 Å². The number of ketones is 2. The third-order valence-electron chi connectivity index (χ3n) is 6.62. The first-order valence-electron chi connectivity index (χ1n) is 12.1. The van der Waals surface area contributed by atoms with Crippen molar-refractivity contribution in [1.29, 1.82) is 0 Å². The molecule has 0 spiro atoms. The Morgan fingerprint density at radius 3 is 1.81 bits per heavy atom. The van der Waals surface area contributed by atoms with Crippen LogP contribution in [0.25, 0.3) is 0 Å². The molecule has 3 heteroatoms. The molecule has 0 aromatic rings. The maximum atomic E-state index is 12.6. The van der Waals surface area contributed by atoms with Crippen LogP contribution in [0.3, 0.4) is 0 Å². The van der Waals surface area contributed by atoms with E-state index in [1.807, 2.05) is 13.0 Å². The van der Waals surface area contributed by atoms with Crippen LogP contribution in [-0.4, -0.2) is 18.2 Å². The third kappa shape index (κ3) is 9.22. The number of hydrogen-bond acceptors (Lipinski definition) is 2. The van der Waals surface area contributed by atoms with Gasteiger partial charge in [-0.1, -0.05) is 36.3 Å². The highest BCUT2D eigenvalue weighted by atomic mass is 19.1. The van der Waals surface area contributed by atoms with E-state index < -0.39 is 0 Å². The Bertz CT molecular complexity index is 833. The summed E-state index contributed by atoms with van der Waals surface area (Å²) < 4.78 is 12.4. The molecule has 32 heavy (non-hydrogen) atoms. The molecule has 0 amide bonds. The lowest BCUT2D eigenvalue weighted by Gasteiger charge is -2.20. The van der Waals surface area contributed by atoms with Gasteiger partial charge >= 0.3 is 0 Å². The van der Waals surface area contributed by atoms with Crippen LogP contribution in [0.15, 0.2) is 57.2 Å². The molecular formula is C29H43FO2. The van der Waals surface area contributed by atoms with Crippen LogP contribution >= 0.6 is 0 Å². The molecule has 0 heterocycles. The lowest BCUT2D eigenvalue weighted by atomic mass is 9.82. The zero-order valence-corrected chi connectivity index (χ0v) is 21.4. The number of carbonyl (C=O) groups is 2. The molecular weight excluding hydrogens is 399 g/mol. The smallest absolute Gasteiger partial charge is 0.185 e. The zero-order valence-electron chi connectivity index (χ0n) is 21.4. The van der Waals surface area contributed by atoms with E-state index in [-0.39, 0.29) is 18.2 Å². The van der Waals surface area contributed by atoms with Crippen molar-refractivity contribution in [3.05, 3.63) is 57.2 Å². The SMILES string of the molecule is CC1=C(C)C(=O)C(CC[C@@H](C)CC/C=C(\C)CC/C=C(\C)CC/C=C(\C)CF)=C(C)C1=O. The van der Waals surface area contributed by atoms with E-state index in [4.69, 9.17) is 0 Å². The van der Waals surface area contributed by atoms with E-state index in [0.717, 1.165) is 50.5 Å². The number of rotatable bonds is 13. The maximum Gasteiger partial charge on any atom is 0.185 e. The van der Waals surface area contributed by atoms with Crippen LogP contribution in [0.4, 0.5) is 4.39 Å². The second-order valence-electron chi connectivity index (χ2n) is 9.60. The normalized spacial score (nSPS) is 17.6. The van der Waals surface area contributed by atoms with E-state index >= 15 is 0 Å². The second kappa shape index (κ2) is 14.2. The van der Waals surface area contributed by atoms with Crippen molar-refractivity contribution < 1.29 is 14.0 Å². The van der Waals surface area contributed by atoms with E-state index in [2.05, 4.69) is 32.9 Å². The lowest BCUT2D eigenvalue weighted by molar-refractivity contribution is -0.116. The average Bonchev–Trinajstić information content (AvgIpc) is 2.76. The van der Waals surface area contributed by atoms with Crippen molar-refractivity contribution in [2.24, 2.45) is 5.92 Å². The summed E-state index contributed by atoms with van der Waals surface area (Å²) in [4.78, 5) is 24.9. The van der Waals surface area contributed by atoms with Gasteiger partial charge < -0.3 is 0 Å². The third-order valence-corrected chi connectivity index (χ3v) is 6.62. The molecule has 0 bridgehead atoms. The number of allylic oxidation sites excluding steroid dienone is 10. The van der Waals surface area contributed by atoms with Gasteiger partial charge in [0.05, 0.1) is 0 Å². The van der Waals surface area contributed by atoms with Crippen LogP contribution < -0.4 is 0 Å². The number of carbonyl (C=O) groups excluding carboxylic acids is 2.